The Morgan fingerprint density at radius 1 is 0.478 bits per heavy atom. The molecular formula is C21H24GeSn. The molecule has 3 aromatic rings. The third kappa shape index (κ3) is 6.19. The van der Waals surface area contributed by atoms with E-state index in [1.165, 1.54) is 10.7 Å². The molecule has 0 aromatic heterocycles. The summed E-state index contributed by atoms with van der Waals surface area (Å²) in [7, 11) is 0. The van der Waals surface area contributed by atoms with Gasteiger partial charge in [-0.3, -0.25) is 0 Å². The van der Waals surface area contributed by atoms with Crippen LogP contribution in [0, 0.1) is 0 Å². The summed E-state index contributed by atoms with van der Waals surface area (Å²) in [6.45, 7) is 0. The van der Waals surface area contributed by atoms with Crippen LogP contribution in [-0.4, -0.2) is 34.1 Å². The Hall–Kier alpha value is -0.998. The Morgan fingerprint density at radius 2 is 0.696 bits per heavy atom. The fourth-order valence-electron chi connectivity index (χ4n) is 2.31. The molecule has 0 aliphatic heterocycles. The van der Waals surface area contributed by atoms with Gasteiger partial charge in [0.15, 0.2) is 0 Å². The van der Waals surface area contributed by atoms with Crippen molar-refractivity contribution in [2.24, 2.45) is 0 Å². The van der Waals surface area contributed by atoms with E-state index in [1.807, 2.05) is 0 Å². The van der Waals surface area contributed by atoms with Gasteiger partial charge in [-0.15, -0.1) is 0 Å². The molecule has 0 unspecified atom stereocenters. The van der Waals surface area contributed by atoms with Gasteiger partial charge in [-0.05, 0) is 0 Å². The first-order chi connectivity index (χ1) is 11.2. The van der Waals surface area contributed by atoms with E-state index in [9.17, 15) is 0 Å². The van der Waals surface area contributed by atoms with Crippen LogP contribution in [-0.2, 0) is 0 Å². The van der Waals surface area contributed by atoms with E-state index in [2.05, 4.69) is 108 Å². The van der Waals surface area contributed by atoms with Gasteiger partial charge in [0, 0.05) is 0 Å². The van der Waals surface area contributed by atoms with E-state index in [0.29, 0.717) is 0 Å². The summed E-state index contributed by atoms with van der Waals surface area (Å²) >= 11 is -2.31. The van der Waals surface area contributed by atoms with Crippen LogP contribution in [0.5, 0.6) is 0 Å². The standard InChI is InChI=1S/3C6H5.C3H9Ge.Sn/c3*1-2-4-6-5-3-1;1-4(2)3;/h3*1-5H;1-3H3;. The summed E-state index contributed by atoms with van der Waals surface area (Å²) in [5.41, 5.74) is 0. The van der Waals surface area contributed by atoms with Gasteiger partial charge < -0.3 is 0 Å². The first kappa shape index (κ1) is 18.3. The van der Waals surface area contributed by atoms with Crippen molar-refractivity contribution in [1.29, 1.82) is 0 Å². The molecule has 0 saturated heterocycles. The molecule has 0 aliphatic carbocycles. The minimum atomic E-state index is -1.98. The zero-order valence-corrected chi connectivity index (χ0v) is 19.1. The second-order valence-electron chi connectivity index (χ2n) is 5.97. The molecule has 0 nitrogen and oxygen atoms in total. The van der Waals surface area contributed by atoms with Crippen molar-refractivity contribution >= 4 is 44.8 Å². The number of rotatable bonds is 3. The summed E-state index contributed by atoms with van der Waals surface area (Å²) in [6, 6.07) is 32.9. The molecule has 0 N–H and O–H groups in total. The Labute approximate surface area is 152 Å². The third-order valence-corrected chi connectivity index (χ3v) is 11.0. The van der Waals surface area contributed by atoms with Crippen LogP contribution in [0.1, 0.15) is 0 Å². The molecule has 0 atom stereocenters. The van der Waals surface area contributed by atoms with Gasteiger partial charge in [0.25, 0.3) is 0 Å². The summed E-state index contributed by atoms with van der Waals surface area (Å²) < 4.78 is 4.59. The Balaban J connectivity index is 0.000000433. The SMILES string of the molecule is [CH3][Ge]([CH3])[CH3].c1cc[c]([Sn]([c]2ccccc2)[c]2ccccc2)cc1. The van der Waals surface area contributed by atoms with Crippen molar-refractivity contribution in [3.63, 3.8) is 0 Å². The summed E-state index contributed by atoms with van der Waals surface area (Å²) in [6.07, 6.45) is 0. The van der Waals surface area contributed by atoms with Gasteiger partial charge in [0.05, 0.1) is 0 Å². The first-order valence-electron chi connectivity index (χ1n) is 7.98. The second-order valence-corrected chi connectivity index (χ2v) is 19.4. The molecule has 0 spiro atoms. The van der Waals surface area contributed by atoms with Gasteiger partial charge in [-0.25, -0.2) is 0 Å². The molecule has 2 radical (unpaired) electrons. The number of hydrogen-bond donors (Lipinski definition) is 0. The van der Waals surface area contributed by atoms with Gasteiger partial charge in [-0.1, -0.05) is 0 Å². The monoisotopic (exact) mass is 470 g/mol. The predicted octanol–water partition coefficient (Wildman–Crippen LogP) is 3.57. The summed E-state index contributed by atoms with van der Waals surface area (Å²) in [5, 5.41) is 0. The Morgan fingerprint density at radius 3 is 0.913 bits per heavy atom. The Kier molecular flexibility index (Phi) is 7.97. The van der Waals surface area contributed by atoms with Crippen molar-refractivity contribution in [3.05, 3.63) is 91.0 Å². The molecule has 3 aromatic carbocycles. The topological polar surface area (TPSA) is 0 Å². The zero-order chi connectivity index (χ0) is 16.5. The van der Waals surface area contributed by atoms with Crippen molar-refractivity contribution in [1.82, 2.24) is 0 Å². The quantitative estimate of drug-likeness (QED) is 0.517. The summed E-state index contributed by atoms with van der Waals surface area (Å²) in [4.78, 5) is 0. The zero-order valence-electron chi connectivity index (χ0n) is 14.2. The maximum atomic E-state index is 2.33. The average molecular weight is 468 g/mol. The molecule has 0 heterocycles. The molecule has 0 saturated carbocycles. The minimum absolute atomic E-state index is 0.333. The number of hydrogen-bond acceptors (Lipinski definition) is 0. The Bertz CT molecular complexity index is 569. The molecule has 0 aliphatic rings. The molecule has 0 bridgehead atoms. The second kappa shape index (κ2) is 9.99. The van der Waals surface area contributed by atoms with Crippen molar-refractivity contribution in [3.8, 4) is 0 Å². The van der Waals surface area contributed by atoms with E-state index >= 15 is 0 Å². The van der Waals surface area contributed by atoms with Gasteiger partial charge in [0.1, 0.15) is 0 Å². The fraction of sp³-hybridized carbons (Fsp3) is 0.143. The molecule has 0 amide bonds. The van der Waals surface area contributed by atoms with Crippen LogP contribution in [0.2, 0.25) is 17.3 Å². The van der Waals surface area contributed by atoms with Crippen LogP contribution in [0.3, 0.4) is 0 Å². The summed E-state index contributed by atoms with van der Waals surface area (Å²) in [5.74, 6) is 7.00. The first-order valence-corrected chi connectivity index (χ1v) is 18.6. The average Bonchev–Trinajstić information content (AvgIpc) is 2.58. The van der Waals surface area contributed by atoms with E-state index in [4.69, 9.17) is 0 Å². The van der Waals surface area contributed by atoms with Crippen LogP contribution in [0.4, 0.5) is 0 Å². The normalized spacial score (nSPS) is 10.3. The van der Waals surface area contributed by atoms with E-state index < -0.39 is 19.8 Å². The maximum absolute atomic E-state index is 2.33. The molecular weight excluding hydrogens is 444 g/mol. The van der Waals surface area contributed by atoms with Gasteiger partial charge in [-0.2, -0.15) is 0 Å². The molecule has 3 rings (SSSR count). The van der Waals surface area contributed by atoms with Gasteiger partial charge in [0.2, 0.25) is 0 Å². The molecule has 2 heteroatoms. The van der Waals surface area contributed by atoms with Crippen LogP contribution < -0.4 is 10.7 Å². The number of benzene rings is 3. The molecule has 23 heavy (non-hydrogen) atoms. The third-order valence-electron chi connectivity index (χ3n) is 3.19. The molecule has 116 valence electrons. The van der Waals surface area contributed by atoms with Crippen molar-refractivity contribution < 1.29 is 0 Å². The van der Waals surface area contributed by atoms with E-state index in [-0.39, 0.29) is 14.3 Å². The van der Waals surface area contributed by atoms with Crippen molar-refractivity contribution in [2.75, 3.05) is 0 Å². The molecule has 0 fully saturated rings. The van der Waals surface area contributed by atoms with Crippen LogP contribution in [0.25, 0.3) is 0 Å². The fourth-order valence-corrected chi connectivity index (χ4v) is 9.67. The van der Waals surface area contributed by atoms with Crippen LogP contribution >= 0.6 is 0 Å². The predicted molar refractivity (Wildman–Crippen MR) is 107 cm³/mol. The van der Waals surface area contributed by atoms with Crippen LogP contribution in [0.15, 0.2) is 91.0 Å². The van der Waals surface area contributed by atoms with E-state index in [1.54, 1.807) is 0 Å². The van der Waals surface area contributed by atoms with Gasteiger partial charge >= 0.3 is 153 Å². The van der Waals surface area contributed by atoms with Crippen molar-refractivity contribution in [2.45, 2.75) is 17.3 Å². The van der Waals surface area contributed by atoms with E-state index in [0.717, 1.165) is 0 Å².